The van der Waals surface area contributed by atoms with Crippen molar-refractivity contribution < 1.29 is 33.4 Å². The number of nitrogens with one attached hydrogen (secondary N) is 1. The van der Waals surface area contributed by atoms with Gasteiger partial charge >= 0.3 is 18.0 Å². The molecule has 2 aromatic carbocycles. The molecule has 33 heavy (non-hydrogen) atoms. The lowest BCUT2D eigenvalue weighted by molar-refractivity contribution is -0.148. The lowest BCUT2D eigenvalue weighted by Crippen LogP contribution is -2.47. The lowest BCUT2D eigenvalue weighted by Gasteiger charge is -2.26. The molecular weight excluding hydrogens is 426 g/mol. The Balaban J connectivity index is 2.21. The first-order chi connectivity index (χ1) is 15.5. The van der Waals surface area contributed by atoms with Crippen LogP contribution in [0.25, 0.3) is 0 Å². The third kappa shape index (κ3) is 7.75. The summed E-state index contributed by atoms with van der Waals surface area (Å²) < 4.78 is 15.2. The molecule has 0 heterocycles. The molecule has 0 radical (unpaired) electrons. The summed E-state index contributed by atoms with van der Waals surface area (Å²) in [4.78, 5) is 48.8. The van der Waals surface area contributed by atoms with Gasteiger partial charge in [0.1, 0.15) is 18.2 Å². The van der Waals surface area contributed by atoms with Crippen molar-refractivity contribution >= 4 is 23.8 Å². The predicted molar refractivity (Wildman–Crippen MR) is 121 cm³/mol. The van der Waals surface area contributed by atoms with E-state index in [4.69, 9.17) is 9.47 Å². The van der Waals surface area contributed by atoms with E-state index in [2.05, 4.69) is 10.1 Å². The third-order valence-corrected chi connectivity index (χ3v) is 4.72. The minimum Gasteiger partial charge on any atom is -0.463 e. The van der Waals surface area contributed by atoms with Crippen molar-refractivity contribution in [2.75, 3.05) is 7.11 Å². The van der Waals surface area contributed by atoms with E-state index < -0.39 is 41.4 Å². The van der Waals surface area contributed by atoms with Crippen LogP contribution in [0, 0.1) is 0 Å². The number of carbonyl (C=O) groups excluding carboxylic acids is 4. The molecule has 2 rings (SSSR count). The highest BCUT2D eigenvalue weighted by atomic mass is 16.6. The minimum atomic E-state index is -1.05. The van der Waals surface area contributed by atoms with Gasteiger partial charge in [0.05, 0.1) is 7.11 Å². The fourth-order valence-corrected chi connectivity index (χ4v) is 2.98. The normalized spacial score (nSPS) is 12.8. The van der Waals surface area contributed by atoms with Crippen LogP contribution in [0.3, 0.4) is 0 Å². The van der Waals surface area contributed by atoms with Crippen LogP contribution in [0.4, 0.5) is 4.79 Å². The first-order valence-corrected chi connectivity index (χ1v) is 10.4. The van der Waals surface area contributed by atoms with Crippen LogP contribution in [0.1, 0.15) is 55.1 Å². The van der Waals surface area contributed by atoms with Gasteiger partial charge in [-0.2, -0.15) is 0 Å². The summed E-state index contributed by atoms with van der Waals surface area (Å²) in [7, 11) is 1.13. The van der Waals surface area contributed by atoms with Crippen molar-refractivity contribution in [2.45, 2.75) is 51.9 Å². The second-order valence-electron chi connectivity index (χ2n) is 8.45. The van der Waals surface area contributed by atoms with E-state index in [0.717, 1.165) is 12.7 Å². The van der Waals surface area contributed by atoms with E-state index in [1.54, 1.807) is 39.8 Å². The number of carbonyl (C=O) groups is 4. The molecule has 1 amide bonds. The summed E-state index contributed by atoms with van der Waals surface area (Å²) >= 11 is 0. The number of amides is 1. The number of ether oxygens (including phenoxy) is 3. The Morgan fingerprint density at radius 1 is 0.939 bits per heavy atom. The quantitative estimate of drug-likeness (QED) is 0.279. The van der Waals surface area contributed by atoms with Crippen LogP contribution in [0.15, 0.2) is 54.6 Å². The van der Waals surface area contributed by atoms with Gasteiger partial charge in [-0.15, -0.1) is 0 Å². The Labute approximate surface area is 193 Å². The molecule has 0 saturated heterocycles. The lowest BCUT2D eigenvalue weighted by atomic mass is 9.92. The Kier molecular flexibility index (Phi) is 8.73. The predicted octanol–water partition coefficient (Wildman–Crippen LogP) is 3.78. The van der Waals surface area contributed by atoms with Gasteiger partial charge in [-0.3, -0.25) is 4.79 Å². The highest BCUT2D eigenvalue weighted by molar-refractivity contribution is 6.40. The first-order valence-electron chi connectivity index (χ1n) is 10.4. The number of hydrogen-bond acceptors (Lipinski definition) is 7. The van der Waals surface area contributed by atoms with Crippen LogP contribution >= 0.6 is 0 Å². The Morgan fingerprint density at radius 3 is 2.09 bits per heavy atom. The molecule has 0 bridgehead atoms. The maximum Gasteiger partial charge on any atom is 0.408 e. The Bertz CT molecular complexity index is 978. The molecule has 0 aliphatic heterocycles. The molecule has 0 spiro atoms. The second kappa shape index (κ2) is 11.3. The zero-order valence-corrected chi connectivity index (χ0v) is 19.4. The fraction of sp³-hybridized carbons (Fsp3) is 0.360. The second-order valence-corrected chi connectivity index (χ2v) is 8.45. The van der Waals surface area contributed by atoms with Gasteiger partial charge < -0.3 is 19.5 Å². The Morgan fingerprint density at radius 2 is 1.55 bits per heavy atom. The average Bonchev–Trinajstić information content (AvgIpc) is 2.79. The maximum atomic E-state index is 12.9. The van der Waals surface area contributed by atoms with Crippen LogP contribution in [-0.4, -0.2) is 42.6 Å². The molecule has 0 unspecified atom stereocenters. The van der Waals surface area contributed by atoms with Crippen molar-refractivity contribution in [2.24, 2.45) is 0 Å². The topological polar surface area (TPSA) is 108 Å². The van der Waals surface area contributed by atoms with Crippen molar-refractivity contribution in [3.05, 3.63) is 71.3 Å². The molecule has 8 heteroatoms. The number of rotatable bonds is 8. The summed E-state index contributed by atoms with van der Waals surface area (Å²) in [6.07, 6.45) is -0.756. The highest BCUT2D eigenvalue weighted by Crippen LogP contribution is 2.22. The standard InChI is InChI=1S/C25H29NO7/c1-16(18-11-13-19(14-12-18)21(27)23(29)31-5)20(26-24(30)33-25(2,3)4)22(28)32-15-17-9-7-6-8-10-17/h6-14,16,20H,15H2,1-5H3,(H,26,30)/t16-,20+/m1/s1. The summed E-state index contributed by atoms with van der Waals surface area (Å²) in [6.45, 7) is 6.94. The average molecular weight is 456 g/mol. The molecule has 2 atom stereocenters. The minimum absolute atomic E-state index is 0.0471. The zero-order chi connectivity index (χ0) is 24.6. The number of esters is 2. The number of hydrogen-bond donors (Lipinski definition) is 1. The van der Waals surface area contributed by atoms with E-state index >= 15 is 0 Å². The van der Waals surface area contributed by atoms with Gasteiger partial charge in [-0.1, -0.05) is 61.5 Å². The van der Waals surface area contributed by atoms with Crippen LogP contribution in [0.5, 0.6) is 0 Å². The molecule has 0 saturated carbocycles. The molecule has 0 aliphatic rings. The van der Waals surface area contributed by atoms with Gasteiger partial charge in [0.25, 0.3) is 5.78 Å². The molecule has 176 valence electrons. The van der Waals surface area contributed by atoms with Crippen molar-refractivity contribution in [1.82, 2.24) is 5.32 Å². The number of methoxy groups -OCH3 is 1. The Hall–Kier alpha value is -3.68. The van der Waals surface area contributed by atoms with E-state index in [1.807, 2.05) is 30.3 Å². The molecule has 0 aliphatic carbocycles. The summed E-state index contributed by atoms with van der Waals surface area (Å²) in [5.74, 6) is -2.90. The van der Waals surface area contributed by atoms with Gasteiger partial charge in [0, 0.05) is 11.5 Å². The molecule has 0 fully saturated rings. The smallest absolute Gasteiger partial charge is 0.408 e. The van der Waals surface area contributed by atoms with E-state index in [0.29, 0.717) is 5.56 Å². The number of alkyl carbamates (subject to hydrolysis) is 1. The molecule has 1 N–H and O–H groups in total. The van der Waals surface area contributed by atoms with Gasteiger partial charge in [-0.05, 0) is 31.9 Å². The zero-order valence-electron chi connectivity index (χ0n) is 19.4. The number of Topliss-reactive ketones (excluding diaryl/α,β-unsaturated/α-hetero) is 1. The van der Waals surface area contributed by atoms with Crippen LogP contribution < -0.4 is 5.32 Å². The van der Waals surface area contributed by atoms with Gasteiger partial charge in [0.15, 0.2) is 0 Å². The van der Waals surface area contributed by atoms with Crippen molar-refractivity contribution in [1.29, 1.82) is 0 Å². The number of benzene rings is 2. The summed E-state index contributed by atoms with van der Waals surface area (Å²) in [5, 5.41) is 2.60. The van der Waals surface area contributed by atoms with Crippen molar-refractivity contribution in [3.8, 4) is 0 Å². The number of ketones is 1. The SMILES string of the molecule is COC(=O)C(=O)c1ccc([C@@H](C)[C@H](NC(=O)OC(C)(C)C)C(=O)OCc2ccccc2)cc1. The monoisotopic (exact) mass is 455 g/mol. The van der Waals surface area contributed by atoms with Gasteiger partial charge in [0.2, 0.25) is 0 Å². The van der Waals surface area contributed by atoms with Crippen LogP contribution in [0.2, 0.25) is 0 Å². The largest absolute Gasteiger partial charge is 0.463 e. The van der Waals surface area contributed by atoms with Crippen LogP contribution in [-0.2, 0) is 30.4 Å². The fourth-order valence-electron chi connectivity index (χ4n) is 2.98. The van der Waals surface area contributed by atoms with E-state index in [9.17, 15) is 19.2 Å². The molecule has 0 aromatic heterocycles. The highest BCUT2D eigenvalue weighted by Gasteiger charge is 2.31. The summed E-state index contributed by atoms with van der Waals surface area (Å²) in [5.41, 5.74) is 0.859. The van der Waals surface area contributed by atoms with Crippen molar-refractivity contribution in [3.63, 3.8) is 0 Å². The summed E-state index contributed by atoms with van der Waals surface area (Å²) in [6, 6.07) is 14.3. The first kappa shape index (κ1) is 25.6. The third-order valence-electron chi connectivity index (χ3n) is 4.72. The maximum absolute atomic E-state index is 12.9. The van der Waals surface area contributed by atoms with E-state index in [-0.39, 0.29) is 12.2 Å². The molecular formula is C25H29NO7. The molecule has 8 nitrogen and oxygen atoms in total. The van der Waals surface area contributed by atoms with Gasteiger partial charge in [-0.25, -0.2) is 14.4 Å². The molecule has 2 aromatic rings. The van der Waals surface area contributed by atoms with E-state index in [1.165, 1.54) is 12.1 Å².